The van der Waals surface area contributed by atoms with E-state index in [1.165, 1.54) is 186 Å². The van der Waals surface area contributed by atoms with Gasteiger partial charge in [0.15, 0.2) is 6.10 Å². The first kappa shape index (κ1) is 58.4. The van der Waals surface area contributed by atoms with Gasteiger partial charge in [-0.15, -0.1) is 0 Å². The van der Waals surface area contributed by atoms with Gasteiger partial charge in [0.25, 0.3) is 0 Å². The van der Waals surface area contributed by atoms with Crippen molar-refractivity contribution in [2.75, 3.05) is 13.2 Å². The molecule has 0 amide bonds. The molecule has 0 aliphatic heterocycles. The van der Waals surface area contributed by atoms with E-state index in [1.807, 2.05) is 0 Å². The molecule has 0 spiro atoms. The van der Waals surface area contributed by atoms with Crippen molar-refractivity contribution in [2.24, 2.45) is 11.8 Å². The number of ether oxygens (including phenoxy) is 3. The zero-order valence-corrected chi connectivity index (χ0v) is 41.1. The van der Waals surface area contributed by atoms with E-state index in [1.54, 1.807) is 0 Å². The van der Waals surface area contributed by atoms with Crippen molar-refractivity contribution >= 4 is 17.9 Å². The third-order valence-electron chi connectivity index (χ3n) is 12.9. The average molecular weight is 849 g/mol. The van der Waals surface area contributed by atoms with Crippen LogP contribution in [-0.2, 0) is 28.6 Å². The molecule has 60 heavy (non-hydrogen) atoms. The fraction of sp³-hybridized carbons (Fsp3) is 0.944. The van der Waals surface area contributed by atoms with Crippen LogP contribution in [0.3, 0.4) is 0 Å². The second kappa shape index (κ2) is 46.9. The minimum absolute atomic E-state index is 0.0640. The van der Waals surface area contributed by atoms with Crippen molar-refractivity contribution in [1.82, 2.24) is 0 Å². The van der Waals surface area contributed by atoms with E-state index in [2.05, 4.69) is 34.6 Å². The Morgan fingerprint density at radius 3 is 0.867 bits per heavy atom. The molecular weight excluding hydrogens is 745 g/mol. The fourth-order valence-corrected chi connectivity index (χ4v) is 8.10. The van der Waals surface area contributed by atoms with Gasteiger partial charge in [-0.25, -0.2) is 0 Å². The molecule has 0 N–H and O–H groups in total. The largest absolute Gasteiger partial charge is 0.462 e. The lowest BCUT2D eigenvalue weighted by Crippen LogP contribution is -2.30. The molecule has 0 aromatic carbocycles. The summed E-state index contributed by atoms with van der Waals surface area (Å²) in [6.07, 6.45) is 48.0. The summed E-state index contributed by atoms with van der Waals surface area (Å²) >= 11 is 0. The Labute approximate surface area is 374 Å². The fourth-order valence-electron chi connectivity index (χ4n) is 8.10. The van der Waals surface area contributed by atoms with Gasteiger partial charge in [0.2, 0.25) is 0 Å². The molecule has 6 heteroatoms. The minimum atomic E-state index is -0.762. The Hall–Kier alpha value is -1.59. The molecule has 0 bridgehead atoms. The maximum atomic E-state index is 12.8. The van der Waals surface area contributed by atoms with Crippen LogP contribution in [0.15, 0.2) is 0 Å². The highest BCUT2D eigenvalue weighted by molar-refractivity contribution is 5.71. The van der Waals surface area contributed by atoms with Crippen LogP contribution in [-0.4, -0.2) is 37.2 Å². The van der Waals surface area contributed by atoms with Gasteiger partial charge in [0.1, 0.15) is 13.2 Å². The molecule has 6 nitrogen and oxygen atoms in total. The molecule has 3 atom stereocenters. The zero-order chi connectivity index (χ0) is 44.0. The van der Waals surface area contributed by atoms with Crippen LogP contribution in [0.5, 0.6) is 0 Å². The highest BCUT2D eigenvalue weighted by Crippen LogP contribution is 2.18. The van der Waals surface area contributed by atoms with Gasteiger partial charge >= 0.3 is 17.9 Å². The molecular formula is C54H104O6. The normalized spacial score (nSPS) is 12.9. The molecule has 0 aromatic heterocycles. The second-order valence-corrected chi connectivity index (χ2v) is 19.0. The third-order valence-corrected chi connectivity index (χ3v) is 12.9. The van der Waals surface area contributed by atoms with Gasteiger partial charge in [-0.1, -0.05) is 259 Å². The molecule has 0 rings (SSSR count). The first-order chi connectivity index (χ1) is 29.3. The van der Waals surface area contributed by atoms with Gasteiger partial charge in [0.05, 0.1) is 0 Å². The monoisotopic (exact) mass is 849 g/mol. The molecule has 2 unspecified atom stereocenters. The number of hydrogen-bond acceptors (Lipinski definition) is 6. The SMILES string of the molecule is CCCCCCCCCCCCCCCCC(=O)OC[C@H](COC(=O)CCCCCCCCC(C)CC)OC(=O)CCCCCCCCCCCCCCCCC(C)CC. The lowest BCUT2D eigenvalue weighted by molar-refractivity contribution is -0.167. The molecule has 0 aliphatic carbocycles. The molecule has 0 fully saturated rings. The summed E-state index contributed by atoms with van der Waals surface area (Å²) in [5.41, 5.74) is 0. The zero-order valence-electron chi connectivity index (χ0n) is 41.1. The van der Waals surface area contributed by atoms with E-state index in [0.29, 0.717) is 19.3 Å². The first-order valence-electron chi connectivity index (χ1n) is 26.8. The van der Waals surface area contributed by atoms with Crippen molar-refractivity contribution in [3.05, 3.63) is 0 Å². The predicted octanol–water partition coefficient (Wildman–Crippen LogP) is 17.3. The van der Waals surface area contributed by atoms with Crippen LogP contribution in [0.2, 0.25) is 0 Å². The maximum absolute atomic E-state index is 12.8. The summed E-state index contributed by atoms with van der Waals surface area (Å²) in [4.78, 5) is 38.0. The summed E-state index contributed by atoms with van der Waals surface area (Å²) < 4.78 is 16.8. The van der Waals surface area contributed by atoms with Crippen molar-refractivity contribution in [1.29, 1.82) is 0 Å². The van der Waals surface area contributed by atoms with E-state index >= 15 is 0 Å². The maximum Gasteiger partial charge on any atom is 0.306 e. The van der Waals surface area contributed by atoms with Crippen molar-refractivity contribution in [2.45, 2.75) is 304 Å². The van der Waals surface area contributed by atoms with E-state index < -0.39 is 6.10 Å². The van der Waals surface area contributed by atoms with Crippen LogP contribution in [0, 0.1) is 11.8 Å². The van der Waals surface area contributed by atoms with E-state index in [0.717, 1.165) is 69.6 Å². The lowest BCUT2D eigenvalue weighted by Gasteiger charge is -2.18. The highest BCUT2D eigenvalue weighted by Gasteiger charge is 2.19. The molecule has 0 aliphatic rings. The predicted molar refractivity (Wildman–Crippen MR) is 256 cm³/mol. The average Bonchev–Trinajstić information content (AvgIpc) is 3.25. The number of rotatable bonds is 48. The summed E-state index contributed by atoms with van der Waals surface area (Å²) in [6, 6.07) is 0. The standard InChI is InChI=1S/C54H104O6/c1-6-9-10-11-12-13-14-15-19-22-25-28-34-39-44-52(55)58-47-51(48-59-53(56)45-40-35-31-30-33-38-43-50(5)8-3)60-54(57)46-41-36-29-26-23-20-17-16-18-21-24-27-32-37-42-49(4)7-2/h49-51H,6-48H2,1-5H3/t49?,50?,51-/m1/s1. The third kappa shape index (κ3) is 44.5. The second-order valence-electron chi connectivity index (χ2n) is 19.0. The number of unbranched alkanes of at least 4 members (excludes halogenated alkanes) is 31. The summed E-state index contributed by atoms with van der Waals surface area (Å²) in [5, 5.41) is 0. The number of esters is 3. The summed E-state index contributed by atoms with van der Waals surface area (Å²) in [5.74, 6) is 0.860. The van der Waals surface area contributed by atoms with E-state index in [-0.39, 0.29) is 31.1 Å². The Morgan fingerprint density at radius 2 is 0.583 bits per heavy atom. The number of carbonyl (C=O) groups is 3. The van der Waals surface area contributed by atoms with E-state index in [9.17, 15) is 14.4 Å². The van der Waals surface area contributed by atoms with Gasteiger partial charge in [-0.2, -0.15) is 0 Å². The van der Waals surface area contributed by atoms with Crippen molar-refractivity contribution < 1.29 is 28.6 Å². The van der Waals surface area contributed by atoms with Crippen LogP contribution in [0.25, 0.3) is 0 Å². The van der Waals surface area contributed by atoms with Crippen LogP contribution >= 0.6 is 0 Å². The quantitative estimate of drug-likeness (QED) is 0.0345. The molecule has 0 aromatic rings. The van der Waals surface area contributed by atoms with Gasteiger partial charge in [-0.3, -0.25) is 14.4 Å². The van der Waals surface area contributed by atoms with Gasteiger partial charge in [0, 0.05) is 19.3 Å². The Bertz CT molecular complexity index is 920. The Kier molecular flexibility index (Phi) is 45.7. The summed E-state index contributed by atoms with van der Waals surface area (Å²) in [7, 11) is 0. The highest BCUT2D eigenvalue weighted by atomic mass is 16.6. The van der Waals surface area contributed by atoms with Crippen LogP contribution in [0.1, 0.15) is 298 Å². The molecule has 0 saturated heterocycles. The number of carbonyl (C=O) groups excluding carboxylic acids is 3. The van der Waals surface area contributed by atoms with Gasteiger partial charge in [-0.05, 0) is 31.1 Å². The van der Waals surface area contributed by atoms with Crippen molar-refractivity contribution in [3.63, 3.8) is 0 Å². The lowest BCUT2D eigenvalue weighted by atomic mass is 9.99. The molecule has 0 radical (unpaired) electrons. The first-order valence-corrected chi connectivity index (χ1v) is 26.8. The molecule has 0 saturated carbocycles. The molecule has 0 heterocycles. The van der Waals surface area contributed by atoms with Crippen LogP contribution < -0.4 is 0 Å². The van der Waals surface area contributed by atoms with Crippen LogP contribution in [0.4, 0.5) is 0 Å². The van der Waals surface area contributed by atoms with Gasteiger partial charge < -0.3 is 14.2 Å². The smallest absolute Gasteiger partial charge is 0.306 e. The molecule has 356 valence electrons. The number of hydrogen-bond donors (Lipinski definition) is 0. The van der Waals surface area contributed by atoms with E-state index in [4.69, 9.17) is 14.2 Å². The summed E-state index contributed by atoms with van der Waals surface area (Å²) in [6.45, 7) is 11.4. The Balaban J connectivity index is 4.28. The minimum Gasteiger partial charge on any atom is -0.462 e. The Morgan fingerprint density at radius 1 is 0.333 bits per heavy atom. The topological polar surface area (TPSA) is 78.9 Å². The van der Waals surface area contributed by atoms with Crippen molar-refractivity contribution in [3.8, 4) is 0 Å².